The number of rotatable bonds is 4. The Hall–Kier alpha value is 0.789. The van der Waals surface area contributed by atoms with Crippen LogP contribution < -0.4 is 3.61 Å². The SMILES string of the molecule is CCCC[Te]c1cc[se]c1C(C)(C)C. The summed E-state index contributed by atoms with van der Waals surface area (Å²) in [7, 11) is 0. The molecule has 0 aliphatic rings. The molecular weight excluding hydrogens is 351 g/mol. The molecule has 0 spiro atoms. The van der Waals surface area contributed by atoms with Crippen LogP contribution in [0.25, 0.3) is 0 Å². The quantitative estimate of drug-likeness (QED) is 0.564. The first-order valence-electron chi connectivity index (χ1n) is 5.26. The standard InChI is InChI=1S/C12H20SeTe/c1-5-6-9-14-10-7-8-13-11(10)12(2,3)4/h7-8H,5-6,9H2,1-4H3. The Morgan fingerprint density at radius 1 is 1.36 bits per heavy atom. The summed E-state index contributed by atoms with van der Waals surface area (Å²) in [4.78, 5) is 2.42. The summed E-state index contributed by atoms with van der Waals surface area (Å²) >= 11 is 0.809. The van der Waals surface area contributed by atoms with Crippen LogP contribution in [-0.4, -0.2) is 35.4 Å². The zero-order valence-electron chi connectivity index (χ0n) is 9.59. The normalized spacial score (nSPS) is 12.0. The third-order valence-corrected chi connectivity index (χ3v) is 9.05. The van der Waals surface area contributed by atoms with Crippen molar-refractivity contribution in [2.75, 3.05) is 0 Å². The van der Waals surface area contributed by atoms with E-state index in [9.17, 15) is 0 Å². The molecule has 0 aromatic carbocycles. The van der Waals surface area contributed by atoms with Crippen LogP contribution in [0.15, 0.2) is 11.0 Å². The van der Waals surface area contributed by atoms with Crippen LogP contribution in [0.1, 0.15) is 45.0 Å². The van der Waals surface area contributed by atoms with Gasteiger partial charge in [-0.05, 0) is 0 Å². The first-order valence-corrected chi connectivity index (χ1v) is 9.92. The van der Waals surface area contributed by atoms with Crippen LogP contribution in [0.4, 0.5) is 0 Å². The zero-order chi connectivity index (χ0) is 10.6. The van der Waals surface area contributed by atoms with Gasteiger partial charge in [-0.3, -0.25) is 0 Å². The zero-order valence-corrected chi connectivity index (χ0v) is 13.6. The predicted molar refractivity (Wildman–Crippen MR) is 67.2 cm³/mol. The van der Waals surface area contributed by atoms with Gasteiger partial charge in [-0.15, -0.1) is 0 Å². The third-order valence-electron chi connectivity index (χ3n) is 2.07. The maximum atomic E-state index is 2.43. The van der Waals surface area contributed by atoms with Crippen LogP contribution >= 0.6 is 0 Å². The van der Waals surface area contributed by atoms with Gasteiger partial charge in [0.05, 0.1) is 0 Å². The van der Waals surface area contributed by atoms with E-state index in [4.69, 9.17) is 0 Å². The topological polar surface area (TPSA) is 0 Å². The predicted octanol–water partition coefficient (Wildman–Crippen LogP) is 2.59. The summed E-state index contributed by atoms with van der Waals surface area (Å²) in [5.41, 5.74) is 0.426. The molecule has 1 aromatic heterocycles. The van der Waals surface area contributed by atoms with E-state index in [1.54, 1.807) is 8.05 Å². The molecule has 0 N–H and O–H groups in total. The van der Waals surface area contributed by atoms with E-state index in [1.807, 2.05) is 0 Å². The van der Waals surface area contributed by atoms with Crippen molar-refractivity contribution in [2.24, 2.45) is 0 Å². The monoisotopic (exact) mass is 374 g/mol. The Morgan fingerprint density at radius 2 is 2.07 bits per heavy atom. The van der Waals surface area contributed by atoms with Crippen LogP contribution in [0.5, 0.6) is 0 Å². The molecular formula is C12H20SeTe. The number of hydrogen-bond acceptors (Lipinski definition) is 0. The van der Waals surface area contributed by atoms with Gasteiger partial charge < -0.3 is 0 Å². The van der Waals surface area contributed by atoms with Crippen molar-refractivity contribution in [2.45, 2.75) is 50.4 Å². The molecule has 1 heterocycles. The van der Waals surface area contributed by atoms with E-state index in [0.29, 0.717) is 19.9 Å². The molecule has 0 aliphatic carbocycles. The second-order valence-electron chi connectivity index (χ2n) is 4.57. The van der Waals surface area contributed by atoms with Crippen molar-refractivity contribution in [3.05, 3.63) is 15.4 Å². The molecule has 0 bridgehead atoms. The third kappa shape index (κ3) is 3.74. The van der Waals surface area contributed by atoms with Crippen molar-refractivity contribution in [3.63, 3.8) is 0 Å². The molecule has 0 saturated heterocycles. The van der Waals surface area contributed by atoms with Gasteiger partial charge in [-0.1, -0.05) is 0 Å². The van der Waals surface area contributed by atoms with Crippen molar-refractivity contribution < 1.29 is 0 Å². The second kappa shape index (κ2) is 5.76. The van der Waals surface area contributed by atoms with Gasteiger partial charge in [0.15, 0.2) is 0 Å². The van der Waals surface area contributed by atoms with Gasteiger partial charge in [0.1, 0.15) is 0 Å². The first-order chi connectivity index (χ1) is 6.55. The van der Waals surface area contributed by atoms with Gasteiger partial charge in [0.25, 0.3) is 0 Å². The Balaban J connectivity index is 2.63. The fourth-order valence-corrected chi connectivity index (χ4v) is 8.85. The fraction of sp³-hybridized carbons (Fsp3) is 0.667. The van der Waals surface area contributed by atoms with E-state index < -0.39 is 0 Å². The molecule has 14 heavy (non-hydrogen) atoms. The van der Waals surface area contributed by atoms with Crippen molar-refractivity contribution in [3.8, 4) is 0 Å². The van der Waals surface area contributed by atoms with Crippen LogP contribution in [0.3, 0.4) is 0 Å². The van der Waals surface area contributed by atoms with Gasteiger partial charge in [0, 0.05) is 0 Å². The fourth-order valence-electron chi connectivity index (χ4n) is 1.28. The van der Waals surface area contributed by atoms with Crippen LogP contribution in [0, 0.1) is 0 Å². The molecule has 2 heteroatoms. The summed E-state index contributed by atoms with van der Waals surface area (Å²) in [5.74, 6) is 0. The van der Waals surface area contributed by atoms with Gasteiger partial charge in [-0.2, -0.15) is 0 Å². The van der Waals surface area contributed by atoms with Crippen LogP contribution in [0.2, 0.25) is 4.47 Å². The Kier molecular flexibility index (Phi) is 5.29. The molecule has 0 aliphatic heterocycles. The maximum absolute atomic E-state index is 2.43. The summed E-state index contributed by atoms with van der Waals surface area (Å²) < 4.78 is 5.05. The molecule has 0 saturated carbocycles. The number of unbranched alkanes of at least 4 members (excludes halogenated alkanes) is 1. The number of hydrogen-bond donors (Lipinski definition) is 0. The molecule has 0 nitrogen and oxygen atoms in total. The van der Waals surface area contributed by atoms with E-state index in [0.717, 1.165) is 0 Å². The Labute approximate surface area is 104 Å². The van der Waals surface area contributed by atoms with E-state index in [2.05, 4.69) is 38.7 Å². The molecule has 0 amide bonds. The Bertz CT molecular complexity index is 270. The van der Waals surface area contributed by atoms with E-state index in [-0.39, 0.29) is 20.9 Å². The Morgan fingerprint density at radius 3 is 2.64 bits per heavy atom. The molecule has 1 rings (SSSR count). The summed E-state index contributed by atoms with van der Waals surface area (Å²) in [6.07, 6.45) is 2.79. The van der Waals surface area contributed by atoms with Crippen molar-refractivity contribution in [1.82, 2.24) is 0 Å². The first kappa shape index (κ1) is 12.9. The molecule has 1 aromatic rings. The van der Waals surface area contributed by atoms with E-state index in [1.165, 1.54) is 17.3 Å². The van der Waals surface area contributed by atoms with Gasteiger partial charge >= 0.3 is 105 Å². The van der Waals surface area contributed by atoms with Crippen LogP contribution in [-0.2, 0) is 5.41 Å². The molecule has 0 radical (unpaired) electrons. The van der Waals surface area contributed by atoms with Gasteiger partial charge in [-0.25, -0.2) is 0 Å². The molecule has 0 atom stereocenters. The minimum atomic E-state index is 0.138. The molecule has 0 fully saturated rings. The minimum absolute atomic E-state index is 0.138. The van der Waals surface area contributed by atoms with Crippen molar-refractivity contribution in [1.29, 1.82) is 0 Å². The molecule has 0 unspecified atom stereocenters. The summed E-state index contributed by atoms with van der Waals surface area (Å²) in [5, 5.41) is 0. The van der Waals surface area contributed by atoms with Crippen molar-refractivity contribution >= 4 is 39.0 Å². The van der Waals surface area contributed by atoms with E-state index >= 15 is 0 Å². The van der Waals surface area contributed by atoms with Gasteiger partial charge in [0.2, 0.25) is 0 Å². The summed E-state index contributed by atoms with van der Waals surface area (Å²) in [6, 6.07) is 2.43. The second-order valence-corrected chi connectivity index (χ2v) is 9.73. The average Bonchev–Trinajstić information content (AvgIpc) is 2.52. The summed E-state index contributed by atoms with van der Waals surface area (Å²) in [6.45, 7) is 9.39. The average molecular weight is 371 g/mol. The molecule has 80 valence electrons.